The first kappa shape index (κ1) is 14.5. The molecule has 1 aromatic carbocycles. The molecular weight excluding hydrogens is 284 g/mol. The highest BCUT2D eigenvalue weighted by molar-refractivity contribution is 6.06. The summed E-state index contributed by atoms with van der Waals surface area (Å²) in [7, 11) is 0. The number of benzene rings is 1. The van der Waals surface area contributed by atoms with Gasteiger partial charge >= 0.3 is 5.97 Å². The second kappa shape index (κ2) is 6.11. The van der Waals surface area contributed by atoms with Gasteiger partial charge in [-0.15, -0.1) is 0 Å². The van der Waals surface area contributed by atoms with Gasteiger partial charge in [0.25, 0.3) is 5.91 Å². The monoisotopic (exact) mass is 300 g/mol. The number of carboxylic acids is 1. The standard InChI is InChI=1S/C16H16N2O4/c19-15(20)7-12-10-22-6-5-18(12)16(21)14-9-17-8-11-3-1-2-4-13(11)14/h1-4,8-9,12H,5-7,10H2,(H,19,20). The van der Waals surface area contributed by atoms with Crippen LogP contribution in [0.15, 0.2) is 36.7 Å². The highest BCUT2D eigenvalue weighted by atomic mass is 16.5. The topological polar surface area (TPSA) is 79.7 Å². The Hall–Kier alpha value is -2.47. The molecule has 0 bridgehead atoms. The highest BCUT2D eigenvalue weighted by Gasteiger charge is 2.30. The van der Waals surface area contributed by atoms with Crippen molar-refractivity contribution >= 4 is 22.6 Å². The largest absolute Gasteiger partial charge is 0.481 e. The van der Waals surface area contributed by atoms with Gasteiger partial charge in [-0.2, -0.15) is 0 Å². The van der Waals surface area contributed by atoms with E-state index >= 15 is 0 Å². The molecular formula is C16H16N2O4. The van der Waals surface area contributed by atoms with Crippen LogP contribution in [-0.2, 0) is 9.53 Å². The summed E-state index contributed by atoms with van der Waals surface area (Å²) in [5.41, 5.74) is 0.496. The maximum Gasteiger partial charge on any atom is 0.305 e. The number of pyridine rings is 1. The zero-order chi connectivity index (χ0) is 15.5. The Morgan fingerprint density at radius 3 is 2.95 bits per heavy atom. The van der Waals surface area contributed by atoms with E-state index in [4.69, 9.17) is 9.84 Å². The number of ether oxygens (including phenoxy) is 1. The molecule has 1 aliphatic rings. The third-order valence-electron chi connectivity index (χ3n) is 3.80. The molecule has 0 saturated carbocycles. The molecule has 1 unspecified atom stereocenters. The summed E-state index contributed by atoms with van der Waals surface area (Å²) in [6, 6.07) is 7.08. The molecule has 6 nitrogen and oxygen atoms in total. The summed E-state index contributed by atoms with van der Waals surface area (Å²) in [4.78, 5) is 29.5. The number of amides is 1. The molecule has 1 N–H and O–H groups in total. The Morgan fingerprint density at radius 1 is 1.32 bits per heavy atom. The average Bonchev–Trinajstić information content (AvgIpc) is 2.54. The third kappa shape index (κ3) is 2.78. The minimum atomic E-state index is -0.940. The number of hydrogen-bond donors (Lipinski definition) is 1. The summed E-state index contributed by atoms with van der Waals surface area (Å²) in [6.45, 7) is 1.05. The summed E-state index contributed by atoms with van der Waals surface area (Å²) < 4.78 is 5.31. The van der Waals surface area contributed by atoms with E-state index in [1.807, 2.05) is 24.3 Å². The van der Waals surface area contributed by atoms with Crippen LogP contribution in [0.4, 0.5) is 0 Å². The van der Waals surface area contributed by atoms with Crippen molar-refractivity contribution in [3.63, 3.8) is 0 Å². The molecule has 0 spiro atoms. The Morgan fingerprint density at radius 2 is 2.14 bits per heavy atom. The van der Waals surface area contributed by atoms with E-state index < -0.39 is 12.0 Å². The number of hydrogen-bond acceptors (Lipinski definition) is 4. The lowest BCUT2D eigenvalue weighted by Crippen LogP contribution is -2.49. The van der Waals surface area contributed by atoms with E-state index in [9.17, 15) is 9.59 Å². The SMILES string of the molecule is O=C(O)CC1COCCN1C(=O)c1cncc2ccccc12. The fourth-order valence-electron chi connectivity index (χ4n) is 2.73. The Balaban J connectivity index is 1.95. The second-order valence-electron chi connectivity index (χ2n) is 5.23. The molecule has 1 amide bonds. The fraction of sp³-hybridized carbons (Fsp3) is 0.312. The van der Waals surface area contributed by atoms with Crippen LogP contribution in [0, 0.1) is 0 Å². The Kier molecular flexibility index (Phi) is 4.02. The minimum absolute atomic E-state index is 0.121. The second-order valence-corrected chi connectivity index (χ2v) is 5.23. The van der Waals surface area contributed by atoms with Crippen LogP contribution in [0.5, 0.6) is 0 Å². The van der Waals surface area contributed by atoms with Gasteiger partial charge in [0.1, 0.15) is 0 Å². The van der Waals surface area contributed by atoms with Gasteiger partial charge in [-0.05, 0) is 5.39 Å². The molecule has 22 heavy (non-hydrogen) atoms. The third-order valence-corrected chi connectivity index (χ3v) is 3.80. The van der Waals surface area contributed by atoms with Crippen LogP contribution in [0.25, 0.3) is 10.8 Å². The molecule has 1 aromatic heterocycles. The van der Waals surface area contributed by atoms with Crippen molar-refractivity contribution < 1.29 is 19.4 Å². The number of morpholine rings is 1. The first-order valence-electron chi connectivity index (χ1n) is 7.10. The predicted octanol–water partition coefficient (Wildman–Crippen LogP) is 1.55. The Bertz CT molecular complexity index is 711. The van der Waals surface area contributed by atoms with Crippen molar-refractivity contribution in [3.05, 3.63) is 42.2 Å². The fourth-order valence-corrected chi connectivity index (χ4v) is 2.73. The van der Waals surface area contributed by atoms with Crippen LogP contribution >= 0.6 is 0 Å². The van der Waals surface area contributed by atoms with E-state index in [0.29, 0.717) is 18.7 Å². The van der Waals surface area contributed by atoms with Crippen molar-refractivity contribution in [1.29, 1.82) is 0 Å². The molecule has 0 aliphatic carbocycles. The van der Waals surface area contributed by atoms with Gasteiger partial charge < -0.3 is 14.7 Å². The average molecular weight is 300 g/mol. The van der Waals surface area contributed by atoms with Gasteiger partial charge in [-0.25, -0.2) is 0 Å². The number of rotatable bonds is 3. The number of aromatic nitrogens is 1. The van der Waals surface area contributed by atoms with Gasteiger partial charge in [0.2, 0.25) is 0 Å². The van der Waals surface area contributed by atoms with Crippen molar-refractivity contribution in [2.75, 3.05) is 19.8 Å². The zero-order valence-corrected chi connectivity index (χ0v) is 11.9. The quantitative estimate of drug-likeness (QED) is 0.930. The highest BCUT2D eigenvalue weighted by Crippen LogP contribution is 2.21. The molecule has 1 fully saturated rings. The van der Waals surface area contributed by atoms with Gasteiger partial charge in [0.05, 0.1) is 31.2 Å². The zero-order valence-electron chi connectivity index (χ0n) is 11.9. The molecule has 1 saturated heterocycles. The van der Waals surface area contributed by atoms with Crippen LogP contribution in [0.3, 0.4) is 0 Å². The van der Waals surface area contributed by atoms with E-state index in [1.54, 1.807) is 11.1 Å². The summed E-state index contributed by atoms with van der Waals surface area (Å²) in [5, 5.41) is 10.7. The number of carbonyl (C=O) groups excluding carboxylic acids is 1. The lowest BCUT2D eigenvalue weighted by molar-refractivity contribution is -0.139. The van der Waals surface area contributed by atoms with E-state index in [-0.39, 0.29) is 18.9 Å². The van der Waals surface area contributed by atoms with E-state index in [2.05, 4.69) is 4.98 Å². The summed E-state index contributed by atoms with van der Waals surface area (Å²) in [6.07, 6.45) is 3.13. The number of fused-ring (bicyclic) bond motifs is 1. The first-order valence-corrected chi connectivity index (χ1v) is 7.10. The summed E-state index contributed by atoms with van der Waals surface area (Å²) in [5.74, 6) is -1.14. The van der Waals surface area contributed by atoms with Crippen molar-refractivity contribution in [3.8, 4) is 0 Å². The smallest absolute Gasteiger partial charge is 0.305 e. The molecule has 1 aliphatic heterocycles. The number of carbonyl (C=O) groups is 2. The van der Waals surface area contributed by atoms with Gasteiger partial charge in [0.15, 0.2) is 0 Å². The van der Waals surface area contributed by atoms with Crippen LogP contribution in [0.1, 0.15) is 16.8 Å². The molecule has 0 radical (unpaired) electrons. The lowest BCUT2D eigenvalue weighted by Gasteiger charge is -2.35. The molecule has 114 valence electrons. The van der Waals surface area contributed by atoms with E-state index in [0.717, 1.165) is 10.8 Å². The van der Waals surface area contributed by atoms with Crippen LogP contribution < -0.4 is 0 Å². The molecule has 2 heterocycles. The van der Waals surface area contributed by atoms with Crippen LogP contribution in [-0.4, -0.2) is 52.7 Å². The molecule has 1 atom stereocenters. The van der Waals surface area contributed by atoms with Crippen LogP contribution in [0.2, 0.25) is 0 Å². The number of aliphatic carboxylic acids is 1. The van der Waals surface area contributed by atoms with Crippen molar-refractivity contribution in [2.24, 2.45) is 0 Å². The van der Waals surface area contributed by atoms with E-state index in [1.165, 1.54) is 6.20 Å². The summed E-state index contributed by atoms with van der Waals surface area (Å²) >= 11 is 0. The number of carboxylic acid groups (broad SMARTS) is 1. The Labute approximate surface area is 127 Å². The van der Waals surface area contributed by atoms with Gasteiger partial charge in [-0.3, -0.25) is 14.6 Å². The first-order chi connectivity index (χ1) is 10.7. The lowest BCUT2D eigenvalue weighted by atomic mass is 10.0. The normalized spacial score (nSPS) is 18.4. The number of nitrogens with zero attached hydrogens (tertiary/aromatic N) is 2. The predicted molar refractivity (Wildman–Crippen MR) is 79.6 cm³/mol. The molecule has 6 heteroatoms. The molecule has 2 aromatic rings. The van der Waals surface area contributed by atoms with Crippen molar-refractivity contribution in [1.82, 2.24) is 9.88 Å². The maximum absolute atomic E-state index is 12.8. The van der Waals surface area contributed by atoms with Gasteiger partial charge in [0, 0.05) is 24.3 Å². The molecule has 3 rings (SSSR count). The minimum Gasteiger partial charge on any atom is -0.481 e. The van der Waals surface area contributed by atoms with Crippen molar-refractivity contribution in [2.45, 2.75) is 12.5 Å². The van der Waals surface area contributed by atoms with Gasteiger partial charge in [-0.1, -0.05) is 24.3 Å². The maximum atomic E-state index is 12.8.